The molecule has 1 aliphatic rings. The molecule has 4 heteroatoms. The molecular weight excluding hydrogens is 278 g/mol. The maximum Gasteiger partial charge on any atom is 0.0381 e. The second-order valence-corrected chi connectivity index (χ2v) is 5.67. The molecule has 0 aliphatic carbocycles. The first-order valence-corrected chi connectivity index (χ1v) is 6.86. The summed E-state index contributed by atoms with van der Waals surface area (Å²) >= 11 is 3.51. The molecule has 1 saturated heterocycles. The van der Waals surface area contributed by atoms with Gasteiger partial charge >= 0.3 is 0 Å². The third-order valence-electron chi connectivity index (χ3n) is 3.20. The highest BCUT2D eigenvalue weighted by molar-refractivity contribution is 9.10. The van der Waals surface area contributed by atoms with Gasteiger partial charge in [-0.2, -0.15) is 0 Å². The molecule has 0 amide bonds. The first kappa shape index (κ1) is 12.9. The highest BCUT2D eigenvalue weighted by atomic mass is 79.9. The van der Waals surface area contributed by atoms with Crippen molar-refractivity contribution in [1.29, 1.82) is 0 Å². The van der Waals surface area contributed by atoms with Gasteiger partial charge in [-0.1, -0.05) is 22.0 Å². The summed E-state index contributed by atoms with van der Waals surface area (Å²) in [4.78, 5) is 2.37. The lowest BCUT2D eigenvalue weighted by Crippen LogP contribution is -2.51. The molecule has 1 aliphatic heterocycles. The van der Waals surface area contributed by atoms with Crippen LogP contribution in [0.3, 0.4) is 0 Å². The Morgan fingerprint density at radius 2 is 2.35 bits per heavy atom. The molecule has 0 bridgehead atoms. The average molecular weight is 298 g/mol. The number of nitrogens with one attached hydrogen (secondary N) is 2. The second-order valence-electron chi connectivity index (χ2n) is 4.75. The predicted octanol–water partition coefficient (Wildman–Crippen LogP) is 2.07. The van der Waals surface area contributed by atoms with E-state index in [1.165, 1.54) is 11.3 Å². The molecule has 2 N–H and O–H groups in total. The number of aryl methyl sites for hydroxylation is 1. The summed E-state index contributed by atoms with van der Waals surface area (Å²) in [5.41, 5.74) is 2.51. The van der Waals surface area contributed by atoms with E-state index in [0.717, 1.165) is 30.7 Å². The zero-order valence-corrected chi connectivity index (χ0v) is 12.0. The fourth-order valence-electron chi connectivity index (χ4n) is 2.15. The summed E-state index contributed by atoms with van der Waals surface area (Å²) < 4.78 is 1.12. The zero-order chi connectivity index (χ0) is 12.3. The Bertz CT molecular complexity index is 381. The maximum atomic E-state index is 3.54. The Balaban J connectivity index is 1.90. The summed E-state index contributed by atoms with van der Waals surface area (Å²) in [5, 5.41) is 7.06. The van der Waals surface area contributed by atoms with Gasteiger partial charge in [-0.15, -0.1) is 0 Å². The number of likely N-dealkylation sites (N-methyl/N-ethyl adjacent to an activating group) is 1. The van der Waals surface area contributed by atoms with Crippen LogP contribution in [0.25, 0.3) is 0 Å². The maximum absolute atomic E-state index is 3.54. The first-order chi connectivity index (χ1) is 8.15. The number of anilines is 1. The number of benzene rings is 1. The summed E-state index contributed by atoms with van der Waals surface area (Å²) in [5.74, 6) is 0. The van der Waals surface area contributed by atoms with Gasteiger partial charge in [0.25, 0.3) is 0 Å². The van der Waals surface area contributed by atoms with E-state index in [1.807, 2.05) is 0 Å². The Hall–Kier alpha value is -0.580. The van der Waals surface area contributed by atoms with Crippen LogP contribution in [-0.2, 0) is 0 Å². The van der Waals surface area contributed by atoms with Crippen molar-refractivity contribution in [1.82, 2.24) is 10.2 Å². The number of piperazine rings is 1. The van der Waals surface area contributed by atoms with Gasteiger partial charge in [-0.3, -0.25) is 0 Å². The monoisotopic (exact) mass is 297 g/mol. The molecule has 0 radical (unpaired) electrons. The molecule has 1 fully saturated rings. The highest BCUT2D eigenvalue weighted by Gasteiger charge is 2.15. The molecule has 1 heterocycles. The first-order valence-electron chi connectivity index (χ1n) is 6.07. The van der Waals surface area contributed by atoms with Crippen molar-refractivity contribution in [2.75, 3.05) is 38.5 Å². The van der Waals surface area contributed by atoms with Crippen molar-refractivity contribution in [3.63, 3.8) is 0 Å². The lowest BCUT2D eigenvalue weighted by atomic mass is 10.1. The Morgan fingerprint density at radius 3 is 3.12 bits per heavy atom. The van der Waals surface area contributed by atoms with Crippen molar-refractivity contribution in [2.24, 2.45) is 0 Å². The summed E-state index contributed by atoms with van der Waals surface area (Å²) in [6, 6.07) is 6.88. The minimum absolute atomic E-state index is 0.534. The number of hydrogen-bond acceptors (Lipinski definition) is 3. The molecule has 1 atom stereocenters. The smallest absolute Gasteiger partial charge is 0.0381 e. The van der Waals surface area contributed by atoms with Crippen molar-refractivity contribution >= 4 is 21.6 Å². The van der Waals surface area contributed by atoms with Gasteiger partial charge in [0.15, 0.2) is 0 Å². The molecule has 1 unspecified atom stereocenters. The van der Waals surface area contributed by atoms with Gasteiger partial charge in [-0.25, -0.2) is 0 Å². The molecule has 0 saturated carbocycles. The van der Waals surface area contributed by atoms with E-state index in [1.54, 1.807) is 0 Å². The summed E-state index contributed by atoms with van der Waals surface area (Å²) in [6.07, 6.45) is 0. The summed E-state index contributed by atoms with van der Waals surface area (Å²) in [7, 11) is 2.18. The van der Waals surface area contributed by atoms with E-state index in [0.29, 0.717) is 6.04 Å². The van der Waals surface area contributed by atoms with Crippen LogP contribution in [0, 0.1) is 6.92 Å². The lowest BCUT2D eigenvalue weighted by molar-refractivity contribution is 0.244. The van der Waals surface area contributed by atoms with Crippen LogP contribution in [-0.4, -0.2) is 44.2 Å². The minimum atomic E-state index is 0.534. The molecule has 3 nitrogen and oxygen atoms in total. The Labute approximate surface area is 112 Å². The normalized spacial score (nSPS) is 21.5. The number of halogens is 1. The van der Waals surface area contributed by atoms with Gasteiger partial charge < -0.3 is 15.5 Å². The topological polar surface area (TPSA) is 27.3 Å². The van der Waals surface area contributed by atoms with Gasteiger partial charge in [0.1, 0.15) is 0 Å². The quantitative estimate of drug-likeness (QED) is 0.894. The van der Waals surface area contributed by atoms with E-state index in [-0.39, 0.29) is 0 Å². The van der Waals surface area contributed by atoms with Gasteiger partial charge in [-0.05, 0) is 31.7 Å². The van der Waals surface area contributed by atoms with Crippen LogP contribution >= 0.6 is 15.9 Å². The molecular formula is C13H20BrN3. The average Bonchev–Trinajstić information content (AvgIpc) is 2.30. The van der Waals surface area contributed by atoms with E-state index >= 15 is 0 Å². The van der Waals surface area contributed by atoms with Crippen LogP contribution in [0.15, 0.2) is 22.7 Å². The SMILES string of the molecule is Cc1ccc(Br)cc1NCC1CN(C)CCN1. The van der Waals surface area contributed by atoms with E-state index in [9.17, 15) is 0 Å². The highest BCUT2D eigenvalue weighted by Crippen LogP contribution is 2.20. The van der Waals surface area contributed by atoms with E-state index in [4.69, 9.17) is 0 Å². The Morgan fingerprint density at radius 1 is 1.53 bits per heavy atom. The van der Waals surface area contributed by atoms with Crippen molar-refractivity contribution in [3.05, 3.63) is 28.2 Å². The van der Waals surface area contributed by atoms with Gasteiger partial charge in [0, 0.05) is 42.4 Å². The fourth-order valence-corrected chi connectivity index (χ4v) is 2.51. The molecule has 94 valence electrons. The van der Waals surface area contributed by atoms with Crippen LogP contribution < -0.4 is 10.6 Å². The third-order valence-corrected chi connectivity index (χ3v) is 3.69. The van der Waals surface area contributed by atoms with Crippen molar-refractivity contribution in [2.45, 2.75) is 13.0 Å². The van der Waals surface area contributed by atoms with Crippen LogP contribution in [0.4, 0.5) is 5.69 Å². The third kappa shape index (κ3) is 3.69. The van der Waals surface area contributed by atoms with Gasteiger partial charge in [0.05, 0.1) is 0 Å². The fraction of sp³-hybridized carbons (Fsp3) is 0.538. The molecule has 2 rings (SSSR count). The number of rotatable bonds is 3. The molecule has 1 aromatic carbocycles. The zero-order valence-electron chi connectivity index (χ0n) is 10.5. The molecule has 1 aromatic rings. The second kappa shape index (κ2) is 5.85. The van der Waals surface area contributed by atoms with Crippen LogP contribution in [0.2, 0.25) is 0 Å². The predicted molar refractivity (Wildman–Crippen MR) is 76.7 cm³/mol. The van der Waals surface area contributed by atoms with Crippen molar-refractivity contribution in [3.8, 4) is 0 Å². The Kier molecular flexibility index (Phi) is 4.42. The molecule has 0 aromatic heterocycles. The number of nitrogens with zero attached hydrogens (tertiary/aromatic N) is 1. The van der Waals surface area contributed by atoms with Crippen molar-refractivity contribution < 1.29 is 0 Å². The van der Waals surface area contributed by atoms with E-state index < -0.39 is 0 Å². The number of hydrogen-bond donors (Lipinski definition) is 2. The lowest BCUT2D eigenvalue weighted by Gasteiger charge is -2.31. The molecule has 0 spiro atoms. The summed E-state index contributed by atoms with van der Waals surface area (Å²) in [6.45, 7) is 6.45. The largest absolute Gasteiger partial charge is 0.383 e. The van der Waals surface area contributed by atoms with E-state index in [2.05, 4.69) is 63.6 Å². The van der Waals surface area contributed by atoms with Crippen LogP contribution in [0.5, 0.6) is 0 Å². The molecule has 17 heavy (non-hydrogen) atoms. The minimum Gasteiger partial charge on any atom is -0.383 e. The van der Waals surface area contributed by atoms with Crippen LogP contribution in [0.1, 0.15) is 5.56 Å². The van der Waals surface area contributed by atoms with Gasteiger partial charge in [0.2, 0.25) is 0 Å². The standard InChI is InChI=1S/C13H20BrN3/c1-10-3-4-11(14)7-13(10)16-8-12-9-17(2)6-5-15-12/h3-4,7,12,15-16H,5-6,8-9H2,1-2H3.